The average Bonchev–Trinajstić information content (AvgIpc) is 2.86. The molecule has 2 N–H and O–H groups in total. The maximum atomic E-state index is 12.8. The van der Waals surface area contributed by atoms with Crippen molar-refractivity contribution in [3.63, 3.8) is 0 Å². The SMILES string of the molecule is O=Nc1c(OCC(=O)N2CCN(Cc3ccc(Cl)cc3)CC2)c(S(=O)(=O)O)cc2cc(S(=O)(=O)O)ccc12. The van der Waals surface area contributed by atoms with Gasteiger partial charge in [0.15, 0.2) is 18.0 Å². The lowest BCUT2D eigenvalue weighted by Crippen LogP contribution is -2.49. The Hall–Kier alpha value is -3.14. The summed E-state index contributed by atoms with van der Waals surface area (Å²) in [7, 11) is -9.63. The number of carbonyl (C=O) groups is 1. The third-order valence-corrected chi connectivity index (χ3v) is 8.02. The van der Waals surface area contributed by atoms with Gasteiger partial charge in [-0.25, -0.2) is 0 Å². The van der Waals surface area contributed by atoms with Crippen LogP contribution in [0.1, 0.15) is 5.56 Å². The van der Waals surface area contributed by atoms with Gasteiger partial charge in [0.05, 0.1) is 4.90 Å². The molecule has 4 rings (SSSR count). The van der Waals surface area contributed by atoms with E-state index in [1.165, 1.54) is 4.90 Å². The van der Waals surface area contributed by atoms with Crippen LogP contribution in [0.25, 0.3) is 10.8 Å². The van der Waals surface area contributed by atoms with Crippen molar-refractivity contribution in [2.75, 3.05) is 32.8 Å². The van der Waals surface area contributed by atoms with E-state index < -0.39 is 54.0 Å². The molecule has 3 aromatic carbocycles. The first kappa shape index (κ1) is 27.9. The van der Waals surface area contributed by atoms with Crippen molar-refractivity contribution < 1.29 is 35.5 Å². The van der Waals surface area contributed by atoms with Crippen LogP contribution in [0.4, 0.5) is 5.69 Å². The molecule has 1 aliphatic rings. The smallest absolute Gasteiger partial charge is 0.298 e. The third-order valence-electron chi connectivity index (χ3n) is 6.06. The Balaban J connectivity index is 1.51. The van der Waals surface area contributed by atoms with E-state index in [0.717, 1.165) is 29.8 Å². The fraction of sp³-hybridized carbons (Fsp3) is 0.261. The summed E-state index contributed by atoms with van der Waals surface area (Å²) in [5.41, 5.74) is 0.516. The summed E-state index contributed by atoms with van der Waals surface area (Å²) in [6.07, 6.45) is 0. The van der Waals surface area contributed by atoms with Crippen molar-refractivity contribution in [2.45, 2.75) is 16.3 Å². The molecule has 0 unspecified atom stereocenters. The van der Waals surface area contributed by atoms with Gasteiger partial charge in [0.2, 0.25) is 0 Å². The van der Waals surface area contributed by atoms with E-state index in [2.05, 4.69) is 10.1 Å². The maximum absolute atomic E-state index is 12.8. The number of hydrogen-bond donors (Lipinski definition) is 2. The molecule has 38 heavy (non-hydrogen) atoms. The lowest BCUT2D eigenvalue weighted by Gasteiger charge is -2.34. The van der Waals surface area contributed by atoms with Gasteiger partial charge in [-0.3, -0.25) is 18.8 Å². The highest BCUT2D eigenvalue weighted by atomic mass is 35.5. The minimum Gasteiger partial charge on any atom is -0.480 e. The van der Waals surface area contributed by atoms with E-state index in [1.54, 1.807) is 12.1 Å². The van der Waals surface area contributed by atoms with Gasteiger partial charge in [-0.2, -0.15) is 16.8 Å². The molecule has 1 amide bonds. The van der Waals surface area contributed by atoms with Crippen molar-refractivity contribution in [1.82, 2.24) is 9.80 Å². The van der Waals surface area contributed by atoms with E-state index in [9.17, 15) is 35.6 Å². The van der Waals surface area contributed by atoms with Gasteiger partial charge < -0.3 is 9.64 Å². The Bertz CT molecular complexity index is 1600. The summed E-state index contributed by atoms with van der Waals surface area (Å²) < 4.78 is 71.5. The van der Waals surface area contributed by atoms with Crippen molar-refractivity contribution in [1.29, 1.82) is 0 Å². The van der Waals surface area contributed by atoms with Crippen LogP contribution in [0.3, 0.4) is 0 Å². The molecular weight excluding hydrogens is 562 g/mol. The summed E-state index contributed by atoms with van der Waals surface area (Å²) in [4.78, 5) is 26.7. The molecule has 15 heteroatoms. The number of nitroso groups, excluding NO2 is 1. The Labute approximate surface area is 223 Å². The van der Waals surface area contributed by atoms with Crippen LogP contribution in [0.2, 0.25) is 5.02 Å². The van der Waals surface area contributed by atoms with Crippen LogP contribution in [0.5, 0.6) is 5.75 Å². The second-order valence-corrected chi connectivity index (χ2v) is 11.8. The summed E-state index contributed by atoms with van der Waals surface area (Å²) in [5, 5.41) is 3.31. The van der Waals surface area contributed by atoms with Gasteiger partial charge in [-0.15, -0.1) is 4.91 Å². The standard InChI is InChI=1S/C23H22ClN3O9S2/c24-17-3-1-15(2-4-17)13-26-7-9-27(10-8-26)21(28)14-36-23-20(38(33,34)35)12-16-11-18(37(30,31)32)5-6-19(16)22(23)25-29/h1-6,11-12H,7-10,13-14H2,(H,30,31,32)(H,33,34,35). The molecule has 202 valence electrons. The van der Waals surface area contributed by atoms with Crippen molar-refractivity contribution in [3.05, 3.63) is 64.0 Å². The van der Waals surface area contributed by atoms with Crippen LogP contribution in [-0.4, -0.2) is 74.4 Å². The minimum absolute atomic E-state index is 0.0157. The average molecular weight is 584 g/mol. The number of hydrogen-bond acceptors (Lipinski definition) is 9. The first-order chi connectivity index (χ1) is 17.9. The molecule has 1 fully saturated rings. The first-order valence-electron chi connectivity index (χ1n) is 11.1. The normalized spacial score (nSPS) is 15.0. The quantitative estimate of drug-likeness (QED) is 0.296. The second kappa shape index (κ2) is 10.9. The number of carbonyl (C=O) groups excluding carboxylic acids is 1. The predicted molar refractivity (Wildman–Crippen MR) is 138 cm³/mol. The number of amides is 1. The van der Waals surface area contributed by atoms with Gasteiger partial charge in [-0.1, -0.05) is 29.8 Å². The summed E-state index contributed by atoms with van der Waals surface area (Å²) >= 11 is 5.92. The van der Waals surface area contributed by atoms with Crippen molar-refractivity contribution in [2.24, 2.45) is 5.18 Å². The fourth-order valence-corrected chi connectivity index (χ4v) is 5.44. The van der Waals surface area contributed by atoms with Gasteiger partial charge in [0.25, 0.3) is 26.1 Å². The second-order valence-electron chi connectivity index (χ2n) is 8.55. The minimum atomic E-state index is -4.99. The molecule has 1 saturated heterocycles. The molecule has 1 heterocycles. The van der Waals surface area contributed by atoms with E-state index >= 15 is 0 Å². The lowest BCUT2D eigenvalue weighted by molar-refractivity contribution is -0.135. The van der Waals surface area contributed by atoms with E-state index in [-0.39, 0.29) is 10.8 Å². The van der Waals surface area contributed by atoms with Crippen LogP contribution >= 0.6 is 11.6 Å². The van der Waals surface area contributed by atoms with E-state index in [4.69, 9.17) is 16.3 Å². The zero-order valence-electron chi connectivity index (χ0n) is 19.6. The van der Waals surface area contributed by atoms with Gasteiger partial charge >= 0.3 is 0 Å². The number of nitrogens with zero attached hydrogens (tertiary/aromatic N) is 3. The number of fused-ring (bicyclic) bond motifs is 1. The van der Waals surface area contributed by atoms with Crippen LogP contribution in [0, 0.1) is 4.91 Å². The molecule has 0 aliphatic carbocycles. The van der Waals surface area contributed by atoms with Crippen molar-refractivity contribution in [3.8, 4) is 5.75 Å². The molecule has 1 aliphatic heterocycles. The molecule has 0 spiro atoms. The molecule has 3 aromatic rings. The lowest BCUT2D eigenvalue weighted by atomic mass is 10.1. The topological polar surface area (TPSA) is 171 Å². The van der Waals surface area contributed by atoms with Gasteiger partial charge in [0.1, 0.15) is 4.90 Å². The highest BCUT2D eigenvalue weighted by Crippen LogP contribution is 2.42. The Kier molecular flexibility index (Phi) is 8.01. The number of rotatable bonds is 8. The highest BCUT2D eigenvalue weighted by molar-refractivity contribution is 7.86. The molecule has 0 saturated carbocycles. The summed E-state index contributed by atoms with van der Waals surface area (Å²) in [6, 6.07) is 11.3. The van der Waals surface area contributed by atoms with Gasteiger partial charge in [0, 0.05) is 43.1 Å². The molecule has 0 bridgehead atoms. The molecule has 0 aromatic heterocycles. The molecule has 0 radical (unpaired) electrons. The molecule has 12 nitrogen and oxygen atoms in total. The summed E-state index contributed by atoms with van der Waals surface area (Å²) in [5.74, 6) is -1.12. The van der Waals surface area contributed by atoms with Crippen LogP contribution < -0.4 is 4.74 Å². The Morgan fingerprint density at radius 3 is 2.18 bits per heavy atom. The maximum Gasteiger partial charge on any atom is 0.298 e. The highest BCUT2D eigenvalue weighted by Gasteiger charge is 2.27. The monoisotopic (exact) mass is 583 g/mol. The zero-order valence-corrected chi connectivity index (χ0v) is 22.0. The Morgan fingerprint density at radius 2 is 1.61 bits per heavy atom. The molecular formula is C23H22ClN3O9S2. The largest absolute Gasteiger partial charge is 0.480 e. The van der Waals surface area contributed by atoms with Gasteiger partial charge in [-0.05, 0) is 46.5 Å². The van der Waals surface area contributed by atoms with Crippen molar-refractivity contribution >= 4 is 54.2 Å². The number of benzene rings is 3. The number of halogens is 1. The zero-order chi connectivity index (χ0) is 27.7. The fourth-order valence-electron chi connectivity index (χ4n) is 4.13. The van der Waals surface area contributed by atoms with Crippen LogP contribution in [-0.2, 0) is 31.6 Å². The van der Waals surface area contributed by atoms with E-state index in [1.807, 2.05) is 12.1 Å². The number of piperazine rings is 1. The third kappa shape index (κ3) is 6.28. The van der Waals surface area contributed by atoms with Crippen LogP contribution in [0.15, 0.2) is 63.5 Å². The summed E-state index contributed by atoms with van der Waals surface area (Å²) in [6.45, 7) is 1.97. The number of ether oxygens (including phenoxy) is 1. The Morgan fingerprint density at radius 1 is 0.947 bits per heavy atom. The predicted octanol–water partition coefficient (Wildman–Crippen LogP) is 3.11. The molecule has 0 atom stereocenters. The first-order valence-corrected chi connectivity index (χ1v) is 14.4. The van der Waals surface area contributed by atoms with E-state index in [0.29, 0.717) is 37.7 Å².